The molecule has 3 rings (SSSR count). The van der Waals surface area contributed by atoms with Crippen molar-refractivity contribution in [2.24, 2.45) is 0 Å². The summed E-state index contributed by atoms with van der Waals surface area (Å²) in [5.74, 6) is -0.353. The van der Waals surface area contributed by atoms with Crippen LogP contribution in [0.1, 0.15) is 39.7 Å². The van der Waals surface area contributed by atoms with Gasteiger partial charge in [0.15, 0.2) is 5.43 Å². The molecule has 0 saturated heterocycles. The highest BCUT2D eigenvalue weighted by Crippen LogP contribution is 2.35. The van der Waals surface area contributed by atoms with Crippen molar-refractivity contribution < 1.29 is 9.53 Å². The number of hydrogen-bond acceptors (Lipinski definition) is 4. The molecule has 0 saturated carbocycles. The average Bonchev–Trinajstić information content (AvgIpc) is 2.70. The molecule has 0 aliphatic heterocycles. The Bertz CT molecular complexity index is 1180. The number of fused-ring (bicyclic) bond motifs is 2. The van der Waals surface area contributed by atoms with Gasteiger partial charge in [-0.1, -0.05) is 38.4 Å². The molecule has 0 fully saturated rings. The lowest BCUT2D eigenvalue weighted by Gasteiger charge is -2.26. The van der Waals surface area contributed by atoms with Crippen LogP contribution in [0.3, 0.4) is 0 Å². The van der Waals surface area contributed by atoms with E-state index in [0.717, 1.165) is 12.0 Å². The molecule has 0 unspecified atom stereocenters. The minimum Gasteiger partial charge on any atom is -0.465 e. The molecule has 0 atom stereocenters. The van der Waals surface area contributed by atoms with Gasteiger partial charge in [-0.15, -0.1) is 0 Å². The van der Waals surface area contributed by atoms with Crippen LogP contribution in [0.2, 0.25) is 5.02 Å². The molecule has 0 spiro atoms. The molecule has 30 heavy (non-hydrogen) atoms. The van der Waals surface area contributed by atoms with E-state index in [0.29, 0.717) is 39.1 Å². The van der Waals surface area contributed by atoms with Crippen LogP contribution >= 0.6 is 11.6 Å². The number of benzene rings is 2. The predicted octanol–water partition coefficient (Wildman–Crippen LogP) is 5.12. The molecule has 1 heterocycles. The second-order valence-electron chi connectivity index (χ2n) is 8.38. The topological polar surface area (TPSA) is 51.5 Å². The Hall–Kier alpha value is -2.53. The van der Waals surface area contributed by atoms with Crippen LogP contribution in [0.5, 0.6) is 0 Å². The Morgan fingerprint density at radius 1 is 1.13 bits per heavy atom. The zero-order valence-corrected chi connectivity index (χ0v) is 19.3. The molecular formula is C24H29ClN2O3. The first kappa shape index (κ1) is 22.2. The number of nitrogens with zero attached hydrogens (tertiary/aromatic N) is 2. The first-order valence-electron chi connectivity index (χ1n) is 10.2. The highest BCUT2D eigenvalue weighted by molar-refractivity contribution is 6.35. The van der Waals surface area contributed by atoms with Crippen molar-refractivity contribution in [1.29, 1.82) is 0 Å². The molecule has 0 amide bonds. The fraction of sp³-hybridized carbons (Fsp3) is 0.417. The zero-order valence-electron chi connectivity index (χ0n) is 18.5. The number of anilines is 1. The number of carbonyl (C=O) groups excluding carboxylic acids is 1. The fourth-order valence-corrected chi connectivity index (χ4v) is 4.10. The van der Waals surface area contributed by atoms with Gasteiger partial charge in [-0.3, -0.25) is 9.59 Å². The third-order valence-corrected chi connectivity index (χ3v) is 6.16. The van der Waals surface area contributed by atoms with Crippen LogP contribution in [-0.4, -0.2) is 31.2 Å². The third-order valence-electron chi connectivity index (χ3n) is 5.85. The summed E-state index contributed by atoms with van der Waals surface area (Å²) >= 11 is 6.52. The number of hydrogen-bond donors (Lipinski definition) is 0. The van der Waals surface area contributed by atoms with Gasteiger partial charge in [0.2, 0.25) is 0 Å². The zero-order chi connectivity index (χ0) is 22.2. The Labute approximate surface area is 182 Å². The van der Waals surface area contributed by atoms with E-state index in [9.17, 15) is 9.59 Å². The molecule has 2 aromatic carbocycles. The maximum absolute atomic E-state index is 13.4. The predicted molar refractivity (Wildman–Crippen MR) is 125 cm³/mol. The summed E-state index contributed by atoms with van der Waals surface area (Å²) in [5, 5.41) is 1.63. The van der Waals surface area contributed by atoms with Crippen LogP contribution in [0.4, 0.5) is 5.69 Å². The van der Waals surface area contributed by atoms with Crippen molar-refractivity contribution in [2.45, 2.75) is 46.1 Å². The quantitative estimate of drug-likeness (QED) is 0.403. The third kappa shape index (κ3) is 3.79. The number of ether oxygens (including phenoxy) is 1. The van der Waals surface area contributed by atoms with Gasteiger partial charge in [0.05, 0.1) is 28.4 Å². The van der Waals surface area contributed by atoms with Crippen molar-refractivity contribution >= 4 is 45.1 Å². The van der Waals surface area contributed by atoms with Crippen molar-refractivity contribution in [3.8, 4) is 0 Å². The van der Waals surface area contributed by atoms with Crippen molar-refractivity contribution in [2.75, 3.05) is 25.6 Å². The molecule has 0 N–H and O–H groups in total. The molecular weight excluding hydrogens is 400 g/mol. The summed E-state index contributed by atoms with van der Waals surface area (Å²) in [6, 6.07) is 9.37. The second kappa shape index (κ2) is 8.31. The Kier molecular flexibility index (Phi) is 6.14. The second-order valence-corrected chi connectivity index (χ2v) is 8.78. The van der Waals surface area contributed by atoms with E-state index >= 15 is 0 Å². The number of aromatic nitrogens is 1. The van der Waals surface area contributed by atoms with Crippen LogP contribution < -0.4 is 10.3 Å². The number of esters is 1. The number of carbonyl (C=O) groups is 1. The molecule has 3 aromatic rings. The lowest BCUT2D eigenvalue weighted by Crippen LogP contribution is -2.22. The number of halogens is 1. The lowest BCUT2D eigenvalue weighted by atomic mass is 9.82. The van der Waals surface area contributed by atoms with E-state index in [-0.39, 0.29) is 23.4 Å². The summed E-state index contributed by atoms with van der Waals surface area (Å²) in [5.41, 5.74) is 3.04. The van der Waals surface area contributed by atoms with Crippen LogP contribution in [0.15, 0.2) is 35.1 Å². The summed E-state index contributed by atoms with van der Waals surface area (Å²) in [4.78, 5) is 27.8. The molecule has 6 heteroatoms. The minimum absolute atomic E-state index is 0.00168. The van der Waals surface area contributed by atoms with E-state index in [1.807, 2.05) is 41.8 Å². The van der Waals surface area contributed by atoms with Crippen molar-refractivity contribution in [3.63, 3.8) is 0 Å². The standard InChI is InChI=1S/C24H29ClN2O3/c1-7-24(3,4)15-9-10-16-19(13-15)27(14-20(28)30-8-2)21-17(23(16)29)11-12-18(25)22(21)26(5)6/h9-13H,7-8,14H2,1-6H3. The highest BCUT2D eigenvalue weighted by atomic mass is 35.5. The van der Waals surface area contributed by atoms with Gasteiger partial charge in [0, 0.05) is 24.9 Å². The smallest absolute Gasteiger partial charge is 0.325 e. The summed E-state index contributed by atoms with van der Waals surface area (Å²) in [7, 11) is 3.75. The first-order valence-corrected chi connectivity index (χ1v) is 10.6. The van der Waals surface area contributed by atoms with Crippen molar-refractivity contribution in [1.82, 2.24) is 4.57 Å². The first-order chi connectivity index (χ1) is 14.1. The molecule has 160 valence electrons. The van der Waals surface area contributed by atoms with Crippen molar-refractivity contribution in [3.05, 3.63) is 51.1 Å². The molecule has 0 aliphatic rings. The average molecular weight is 429 g/mol. The van der Waals surface area contributed by atoms with Gasteiger partial charge in [0.1, 0.15) is 6.54 Å². The van der Waals surface area contributed by atoms with Gasteiger partial charge < -0.3 is 14.2 Å². The fourth-order valence-electron chi connectivity index (χ4n) is 3.77. The van der Waals surface area contributed by atoms with Gasteiger partial charge in [0.25, 0.3) is 0 Å². The van der Waals surface area contributed by atoms with Gasteiger partial charge >= 0.3 is 5.97 Å². The maximum Gasteiger partial charge on any atom is 0.325 e. The summed E-state index contributed by atoms with van der Waals surface area (Å²) < 4.78 is 7.11. The van der Waals surface area contributed by atoms with Crippen LogP contribution in [-0.2, 0) is 21.5 Å². The van der Waals surface area contributed by atoms with Gasteiger partial charge in [-0.2, -0.15) is 0 Å². The monoisotopic (exact) mass is 428 g/mol. The SMILES string of the molecule is CCOC(=O)Cn1c2cc(C(C)(C)CC)ccc2c(=O)c2ccc(Cl)c(N(C)C)c21. The van der Waals surface area contributed by atoms with Crippen LogP contribution in [0, 0.1) is 0 Å². The van der Waals surface area contributed by atoms with Crippen LogP contribution in [0.25, 0.3) is 21.8 Å². The van der Waals surface area contributed by atoms with Gasteiger partial charge in [-0.05, 0) is 48.6 Å². The van der Waals surface area contributed by atoms with Gasteiger partial charge in [-0.25, -0.2) is 0 Å². The highest BCUT2D eigenvalue weighted by Gasteiger charge is 2.23. The maximum atomic E-state index is 13.4. The molecule has 5 nitrogen and oxygen atoms in total. The normalized spacial score (nSPS) is 11.8. The number of pyridine rings is 1. The molecule has 0 bridgehead atoms. The molecule has 1 aromatic heterocycles. The van der Waals surface area contributed by atoms with E-state index in [1.165, 1.54) is 0 Å². The van der Waals surface area contributed by atoms with E-state index in [4.69, 9.17) is 16.3 Å². The van der Waals surface area contributed by atoms with E-state index < -0.39 is 0 Å². The van der Waals surface area contributed by atoms with E-state index in [1.54, 1.807) is 19.1 Å². The Morgan fingerprint density at radius 2 is 1.80 bits per heavy atom. The molecule has 0 radical (unpaired) electrons. The Balaban J connectivity index is 2.52. The van der Waals surface area contributed by atoms with E-state index in [2.05, 4.69) is 20.8 Å². The largest absolute Gasteiger partial charge is 0.465 e. The molecule has 0 aliphatic carbocycles. The Morgan fingerprint density at radius 3 is 2.40 bits per heavy atom. The minimum atomic E-state index is -0.353. The summed E-state index contributed by atoms with van der Waals surface area (Å²) in [6.45, 7) is 8.56. The lowest BCUT2D eigenvalue weighted by molar-refractivity contribution is -0.143. The summed E-state index contributed by atoms with van der Waals surface area (Å²) in [6.07, 6.45) is 0.947. The number of rotatable bonds is 6.